The van der Waals surface area contributed by atoms with Crippen molar-refractivity contribution < 1.29 is 14.3 Å². The minimum atomic E-state index is 0. The van der Waals surface area contributed by atoms with Crippen LogP contribution in [0.4, 0.5) is 0 Å². The van der Waals surface area contributed by atoms with E-state index < -0.39 is 0 Å². The Kier molecular flexibility index (Phi) is 6.90. The highest BCUT2D eigenvalue weighted by molar-refractivity contribution is 5.85. The molecule has 1 aromatic carbocycles. The van der Waals surface area contributed by atoms with E-state index >= 15 is 0 Å². The molecule has 2 N–H and O–H groups in total. The molecular formula is C18H27ClN2O3. The van der Waals surface area contributed by atoms with Gasteiger partial charge in [-0.1, -0.05) is 12.1 Å². The van der Waals surface area contributed by atoms with Gasteiger partial charge in [0.2, 0.25) is 5.91 Å². The zero-order valence-corrected chi connectivity index (χ0v) is 15.0. The van der Waals surface area contributed by atoms with E-state index in [2.05, 4.69) is 0 Å². The molecule has 1 amide bonds. The molecule has 0 radical (unpaired) electrons. The number of fused-ring (bicyclic) bond motifs is 1. The van der Waals surface area contributed by atoms with Crippen LogP contribution in [-0.2, 0) is 16.0 Å². The van der Waals surface area contributed by atoms with Crippen LogP contribution >= 0.6 is 12.4 Å². The van der Waals surface area contributed by atoms with Crippen LogP contribution in [0.1, 0.15) is 18.4 Å². The predicted molar refractivity (Wildman–Crippen MR) is 95.5 cm³/mol. The Morgan fingerprint density at radius 2 is 2.12 bits per heavy atom. The van der Waals surface area contributed by atoms with Crippen LogP contribution in [0.5, 0.6) is 5.75 Å². The number of carbonyl (C=O) groups is 1. The molecule has 1 saturated heterocycles. The summed E-state index contributed by atoms with van der Waals surface area (Å²) in [5, 5.41) is 0. The number of rotatable bonds is 6. The molecule has 0 aromatic heterocycles. The van der Waals surface area contributed by atoms with Crippen molar-refractivity contribution in [3.05, 3.63) is 29.8 Å². The van der Waals surface area contributed by atoms with Crippen LogP contribution in [0.3, 0.4) is 0 Å². The zero-order valence-electron chi connectivity index (χ0n) is 14.1. The number of amides is 1. The molecule has 5 nitrogen and oxygen atoms in total. The van der Waals surface area contributed by atoms with Crippen molar-refractivity contribution >= 4 is 18.3 Å². The second-order valence-electron chi connectivity index (χ2n) is 6.63. The molecule has 2 aliphatic rings. The third-order valence-electron chi connectivity index (χ3n) is 5.08. The Hall–Kier alpha value is -1.30. The van der Waals surface area contributed by atoms with Crippen LogP contribution in [0.2, 0.25) is 0 Å². The summed E-state index contributed by atoms with van der Waals surface area (Å²) >= 11 is 0. The number of ether oxygens (including phenoxy) is 2. The first-order valence-corrected chi connectivity index (χ1v) is 8.41. The highest BCUT2D eigenvalue weighted by atomic mass is 35.5. The molecule has 2 fully saturated rings. The Morgan fingerprint density at radius 3 is 2.88 bits per heavy atom. The van der Waals surface area contributed by atoms with Gasteiger partial charge in [0.15, 0.2) is 0 Å². The van der Waals surface area contributed by atoms with Gasteiger partial charge >= 0.3 is 0 Å². The predicted octanol–water partition coefficient (Wildman–Crippen LogP) is 1.87. The number of nitrogens with zero attached hydrogens (tertiary/aromatic N) is 1. The minimum absolute atomic E-state index is 0. The van der Waals surface area contributed by atoms with E-state index in [1.54, 1.807) is 7.11 Å². The quantitative estimate of drug-likeness (QED) is 0.792. The van der Waals surface area contributed by atoms with E-state index in [4.69, 9.17) is 15.2 Å². The highest BCUT2D eigenvalue weighted by Gasteiger charge is 2.42. The lowest BCUT2D eigenvalue weighted by Crippen LogP contribution is -2.34. The van der Waals surface area contributed by atoms with Gasteiger partial charge in [0.25, 0.3) is 0 Å². The number of methoxy groups -OCH3 is 1. The molecule has 3 unspecified atom stereocenters. The molecule has 3 atom stereocenters. The lowest BCUT2D eigenvalue weighted by molar-refractivity contribution is -0.129. The number of hydrogen-bond donors (Lipinski definition) is 1. The fourth-order valence-corrected chi connectivity index (χ4v) is 3.79. The molecule has 1 aliphatic carbocycles. The molecule has 3 rings (SSSR count). The Morgan fingerprint density at radius 1 is 1.29 bits per heavy atom. The number of likely N-dealkylation sites (tertiary alicyclic amines) is 1. The second-order valence-corrected chi connectivity index (χ2v) is 6.63. The fourth-order valence-electron chi connectivity index (χ4n) is 3.79. The lowest BCUT2D eigenvalue weighted by Gasteiger charge is -2.19. The van der Waals surface area contributed by atoms with Gasteiger partial charge in [-0.15, -0.1) is 12.4 Å². The van der Waals surface area contributed by atoms with Crippen molar-refractivity contribution in [1.82, 2.24) is 4.90 Å². The molecule has 0 bridgehead atoms. The first-order chi connectivity index (χ1) is 11.2. The average molecular weight is 355 g/mol. The van der Waals surface area contributed by atoms with Crippen LogP contribution < -0.4 is 10.5 Å². The van der Waals surface area contributed by atoms with E-state index in [0.29, 0.717) is 31.5 Å². The molecule has 1 heterocycles. The van der Waals surface area contributed by atoms with Gasteiger partial charge in [-0.05, 0) is 42.4 Å². The molecule has 24 heavy (non-hydrogen) atoms. The summed E-state index contributed by atoms with van der Waals surface area (Å²) in [5.74, 6) is 2.09. The van der Waals surface area contributed by atoms with Crippen LogP contribution in [0.25, 0.3) is 0 Å². The van der Waals surface area contributed by atoms with E-state index in [1.807, 2.05) is 29.2 Å². The Bertz CT molecular complexity index is 555. The maximum Gasteiger partial charge on any atom is 0.227 e. The lowest BCUT2D eigenvalue weighted by atomic mass is 9.98. The standard InChI is InChI=1S/C18H26N2O3.ClH/c1-22-7-8-23-15-4-2-3-13(9-15)10-18(21)20-11-14-5-6-17(19)16(14)12-20;/h2-4,9,14,16-17H,5-8,10-12,19H2,1H3;1H. The van der Waals surface area contributed by atoms with Crippen molar-refractivity contribution in [2.45, 2.75) is 25.3 Å². The zero-order chi connectivity index (χ0) is 16.2. The van der Waals surface area contributed by atoms with Gasteiger partial charge in [0, 0.05) is 26.2 Å². The SMILES string of the molecule is COCCOc1cccc(CC(=O)N2CC3CCC(N)C3C2)c1.Cl. The van der Waals surface area contributed by atoms with Gasteiger partial charge in [-0.25, -0.2) is 0 Å². The first-order valence-electron chi connectivity index (χ1n) is 8.41. The van der Waals surface area contributed by atoms with Crippen LogP contribution in [-0.4, -0.2) is 50.3 Å². The Balaban J connectivity index is 0.00000208. The summed E-state index contributed by atoms with van der Waals surface area (Å²) in [6.45, 7) is 2.77. The highest BCUT2D eigenvalue weighted by Crippen LogP contribution is 2.37. The summed E-state index contributed by atoms with van der Waals surface area (Å²) < 4.78 is 10.6. The molecule has 6 heteroatoms. The van der Waals surface area contributed by atoms with E-state index in [0.717, 1.165) is 30.8 Å². The largest absolute Gasteiger partial charge is 0.491 e. The number of halogens is 1. The number of carbonyl (C=O) groups excluding carboxylic acids is 1. The van der Waals surface area contributed by atoms with Crippen molar-refractivity contribution in [3.8, 4) is 5.75 Å². The summed E-state index contributed by atoms with van der Waals surface area (Å²) in [4.78, 5) is 14.5. The van der Waals surface area contributed by atoms with E-state index in [1.165, 1.54) is 6.42 Å². The summed E-state index contributed by atoms with van der Waals surface area (Å²) in [6, 6.07) is 8.03. The van der Waals surface area contributed by atoms with Crippen molar-refractivity contribution in [2.75, 3.05) is 33.4 Å². The van der Waals surface area contributed by atoms with Gasteiger partial charge < -0.3 is 20.1 Å². The number of nitrogens with two attached hydrogens (primary N) is 1. The van der Waals surface area contributed by atoms with Crippen molar-refractivity contribution in [3.63, 3.8) is 0 Å². The molecule has 1 aromatic rings. The van der Waals surface area contributed by atoms with Gasteiger partial charge in [0.1, 0.15) is 12.4 Å². The maximum atomic E-state index is 12.5. The fraction of sp³-hybridized carbons (Fsp3) is 0.611. The van der Waals surface area contributed by atoms with Crippen molar-refractivity contribution in [1.29, 1.82) is 0 Å². The van der Waals surface area contributed by atoms with Crippen molar-refractivity contribution in [2.24, 2.45) is 17.6 Å². The van der Waals surface area contributed by atoms with Gasteiger partial charge in [0.05, 0.1) is 13.0 Å². The summed E-state index contributed by atoms with van der Waals surface area (Å²) in [5.41, 5.74) is 7.14. The van der Waals surface area contributed by atoms with Crippen LogP contribution in [0.15, 0.2) is 24.3 Å². The maximum absolute atomic E-state index is 12.5. The smallest absolute Gasteiger partial charge is 0.227 e. The molecular weight excluding hydrogens is 328 g/mol. The normalized spacial score (nSPS) is 25.2. The third kappa shape index (κ3) is 4.41. The van der Waals surface area contributed by atoms with Gasteiger partial charge in [-0.2, -0.15) is 0 Å². The molecule has 1 aliphatic heterocycles. The topological polar surface area (TPSA) is 64.8 Å². The average Bonchev–Trinajstić information content (AvgIpc) is 3.11. The summed E-state index contributed by atoms with van der Waals surface area (Å²) in [6.07, 6.45) is 2.70. The minimum Gasteiger partial charge on any atom is -0.491 e. The number of hydrogen-bond acceptors (Lipinski definition) is 4. The van der Waals surface area contributed by atoms with Gasteiger partial charge in [-0.3, -0.25) is 4.79 Å². The van der Waals surface area contributed by atoms with E-state index in [-0.39, 0.29) is 24.4 Å². The van der Waals surface area contributed by atoms with Crippen LogP contribution in [0, 0.1) is 11.8 Å². The number of benzene rings is 1. The Labute approximate surface area is 149 Å². The first kappa shape index (κ1) is 19.0. The third-order valence-corrected chi connectivity index (χ3v) is 5.08. The van der Waals surface area contributed by atoms with E-state index in [9.17, 15) is 4.79 Å². The monoisotopic (exact) mass is 354 g/mol. The second kappa shape index (κ2) is 8.70. The molecule has 0 spiro atoms. The summed E-state index contributed by atoms with van der Waals surface area (Å²) in [7, 11) is 1.65. The molecule has 1 saturated carbocycles. The molecule has 134 valence electrons.